The van der Waals surface area contributed by atoms with Crippen LogP contribution >= 0.6 is 0 Å². The summed E-state index contributed by atoms with van der Waals surface area (Å²) < 4.78 is 5.21. The Morgan fingerprint density at radius 3 is 2.94 bits per heavy atom. The van der Waals surface area contributed by atoms with E-state index in [-0.39, 0.29) is 12.6 Å². The van der Waals surface area contributed by atoms with Crippen molar-refractivity contribution >= 4 is 11.7 Å². The Balaban J connectivity index is 2.55. The number of urea groups is 1. The van der Waals surface area contributed by atoms with Crippen LogP contribution in [-0.2, 0) is 0 Å². The highest BCUT2D eigenvalue weighted by molar-refractivity contribution is 5.90. The van der Waals surface area contributed by atoms with E-state index in [1.807, 2.05) is 6.07 Å². The van der Waals surface area contributed by atoms with Crippen molar-refractivity contribution in [3.8, 4) is 11.8 Å². The molecule has 18 heavy (non-hydrogen) atoms. The van der Waals surface area contributed by atoms with Gasteiger partial charge in [-0.05, 0) is 18.6 Å². The van der Waals surface area contributed by atoms with E-state index in [0.717, 1.165) is 12.8 Å². The lowest BCUT2D eigenvalue weighted by molar-refractivity contribution is 0.252. The first-order valence-corrected chi connectivity index (χ1v) is 5.91. The number of nitrogens with one attached hydrogen (secondary N) is 2. The summed E-state index contributed by atoms with van der Waals surface area (Å²) in [5.41, 5.74) is 0.557. The lowest BCUT2D eigenvalue weighted by atomic mass is 10.3. The molecule has 5 heteroatoms. The molecular weight excluding hydrogens is 230 g/mol. The van der Waals surface area contributed by atoms with Crippen LogP contribution in [0.2, 0.25) is 0 Å². The van der Waals surface area contributed by atoms with Crippen LogP contribution in [0, 0.1) is 11.3 Å². The molecule has 2 N–H and O–H groups in total. The van der Waals surface area contributed by atoms with Crippen LogP contribution in [0.15, 0.2) is 24.3 Å². The number of hydrogen-bond acceptors (Lipinski definition) is 3. The highest BCUT2D eigenvalue weighted by Crippen LogP contribution is 2.23. The molecule has 0 saturated heterocycles. The van der Waals surface area contributed by atoms with Crippen molar-refractivity contribution in [3.63, 3.8) is 0 Å². The third kappa shape index (κ3) is 4.74. The number of benzene rings is 1. The predicted molar refractivity (Wildman–Crippen MR) is 69.5 cm³/mol. The zero-order valence-electron chi connectivity index (χ0n) is 10.4. The molecule has 0 fully saturated rings. The minimum absolute atomic E-state index is 0.0455. The van der Waals surface area contributed by atoms with E-state index in [0.29, 0.717) is 18.0 Å². The molecule has 0 saturated carbocycles. The van der Waals surface area contributed by atoms with Gasteiger partial charge in [0.1, 0.15) is 11.8 Å². The molecule has 0 radical (unpaired) electrons. The van der Waals surface area contributed by atoms with E-state index in [4.69, 9.17) is 10.00 Å². The highest BCUT2D eigenvalue weighted by Gasteiger charge is 2.06. The zero-order valence-corrected chi connectivity index (χ0v) is 10.4. The minimum atomic E-state index is -0.267. The third-order valence-corrected chi connectivity index (χ3v) is 2.24. The topological polar surface area (TPSA) is 74.2 Å². The van der Waals surface area contributed by atoms with Gasteiger partial charge in [0.05, 0.1) is 5.69 Å². The molecule has 1 aromatic carbocycles. The number of nitriles is 1. The molecule has 96 valence electrons. The Morgan fingerprint density at radius 2 is 2.22 bits per heavy atom. The summed E-state index contributed by atoms with van der Waals surface area (Å²) in [6.07, 6.45) is 1.97. The molecule has 0 aromatic heterocycles. The van der Waals surface area contributed by atoms with E-state index in [1.54, 1.807) is 24.3 Å². The van der Waals surface area contributed by atoms with E-state index in [2.05, 4.69) is 17.6 Å². The molecule has 0 aliphatic carbocycles. The van der Waals surface area contributed by atoms with Crippen LogP contribution in [-0.4, -0.2) is 19.2 Å². The number of amides is 2. The maximum atomic E-state index is 11.6. The van der Waals surface area contributed by atoms with Crippen LogP contribution in [0.3, 0.4) is 0 Å². The fourth-order valence-corrected chi connectivity index (χ4v) is 1.35. The average Bonchev–Trinajstić information content (AvgIpc) is 2.38. The van der Waals surface area contributed by atoms with Crippen molar-refractivity contribution in [1.82, 2.24) is 5.32 Å². The van der Waals surface area contributed by atoms with Gasteiger partial charge in [-0.3, -0.25) is 0 Å². The van der Waals surface area contributed by atoms with Crippen molar-refractivity contribution in [2.24, 2.45) is 0 Å². The van der Waals surface area contributed by atoms with E-state index in [9.17, 15) is 4.79 Å². The molecule has 2 amide bonds. The van der Waals surface area contributed by atoms with Crippen LogP contribution in [0.1, 0.15) is 19.8 Å². The Labute approximate surface area is 107 Å². The standard InChI is InChI=1S/C13H17N3O2/c1-2-3-9-15-13(17)16-11-6-4-5-7-12(11)18-10-8-14/h4-7H,2-3,9-10H2,1H3,(H2,15,16,17). The fraction of sp³-hybridized carbons (Fsp3) is 0.385. The monoisotopic (exact) mass is 247 g/mol. The molecule has 1 rings (SSSR count). The van der Waals surface area contributed by atoms with Gasteiger partial charge in [0.15, 0.2) is 6.61 Å². The number of ether oxygens (including phenoxy) is 1. The van der Waals surface area contributed by atoms with Crippen molar-refractivity contribution in [1.29, 1.82) is 5.26 Å². The molecule has 1 aromatic rings. The third-order valence-electron chi connectivity index (χ3n) is 2.24. The Morgan fingerprint density at radius 1 is 1.44 bits per heavy atom. The summed E-state index contributed by atoms with van der Waals surface area (Å²) in [5.74, 6) is 0.490. The Hall–Kier alpha value is -2.22. The molecule has 0 heterocycles. The normalized spacial score (nSPS) is 9.33. The van der Waals surface area contributed by atoms with Crippen molar-refractivity contribution in [3.05, 3.63) is 24.3 Å². The van der Waals surface area contributed by atoms with E-state index >= 15 is 0 Å². The quantitative estimate of drug-likeness (QED) is 0.758. The second-order valence-corrected chi connectivity index (χ2v) is 3.68. The maximum absolute atomic E-state index is 11.6. The van der Waals surface area contributed by atoms with E-state index in [1.165, 1.54) is 0 Å². The van der Waals surface area contributed by atoms with Crippen LogP contribution in [0.5, 0.6) is 5.75 Å². The first kappa shape index (κ1) is 13.8. The van der Waals surface area contributed by atoms with Crippen LogP contribution in [0.4, 0.5) is 10.5 Å². The number of carbonyl (C=O) groups is 1. The molecule has 0 aliphatic rings. The Kier molecular flexibility index (Phi) is 6.12. The number of nitrogens with zero attached hydrogens (tertiary/aromatic N) is 1. The van der Waals surface area contributed by atoms with E-state index < -0.39 is 0 Å². The SMILES string of the molecule is CCCCNC(=O)Nc1ccccc1OCC#N. The lowest BCUT2D eigenvalue weighted by Crippen LogP contribution is -2.29. The average molecular weight is 247 g/mol. The highest BCUT2D eigenvalue weighted by atomic mass is 16.5. The molecule has 5 nitrogen and oxygen atoms in total. The number of anilines is 1. The molecular formula is C13H17N3O2. The van der Waals surface area contributed by atoms with Gasteiger partial charge in [-0.2, -0.15) is 5.26 Å². The summed E-state index contributed by atoms with van der Waals surface area (Å²) >= 11 is 0. The second-order valence-electron chi connectivity index (χ2n) is 3.68. The number of rotatable bonds is 6. The fourth-order valence-electron chi connectivity index (χ4n) is 1.35. The van der Waals surface area contributed by atoms with Crippen LogP contribution < -0.4 is 15.4 Å². The first-order chi connectivity index (χ1) is 8.77. The van der Waals surface area contributed by atoms with Crippen molar-refractivity contribution in [2.45, 2.75) is 19.8 Å². The first-order valence-electron chi connectivity index (χ1n) is 5.91. The summed E-state index contributed by atoms with van der Waals surface area (Å²) in [6, 6.07) is 8.63. The zero-order chi connectivity index (χ0) is 13.2. The summed E-state index contributed by atoms with van der Waals surface area (Å²) in [7, 11) is 0. The number of unbranched alkanes of at least 4 members (excludes halogenated alkanes) is 1. The summed E-state index contributed by atoms with van der Waals surface area (Å²) in [6.45, 7) is 2.66. The van der Waals surface area contributed by atoms with Gasteiger partial charge in [0, 0.05) is 6.54 Å². The molecule has 0 aliphatic heterocycles. The number of carbonyl (C=O) groups excluding carboxylic acids is 1. The van der Waals surface area contributed by atoms with Gasteiger partial charge in [-0.1, -0.05) is 25.5 Å². The predicted octanol–water partition coefficient (Wildman–Crippen LogP) is 2.51. The number of hydrogen-bond donors (Lipinski definition) is 2. The van der Waals surface area contributed by atoms with Crippen molar-refractivity contribution < 1.29 is 9.53 Å². The van der Waals surface area contributed by atoms with Gasteiger partial charge in [-0.25, -0.2) is 4.79 Å². The van der Waals surface area contributed by atoms with Gasteiger partial charge >= 0.3 is 6.03 Å². The van der Waals surface area contributed by atoms with Gasteiger partial charge in [0.25, 0.3) is 0 Å². The second kappa shape index (κ2) is 7.96. The largest absolute Gasteiger partial charge is 0.477 e. The van der Waals surface area contributed by atoms with Crippen molar-refractivity contribution in [2.75, 3.05) is 18.5 Å². The molecule has 0 spiro atoms. The lowest BCUT2D eigenvalue weighted by Gasteiger charge is -2.11. The molecule has 0 atom stereocenters. The summed E-state index contributed by atoms with van der Waals surface area (Å²) in [4.78, 5) is 11.6. The summed E-state index contributed by atoms with van der Waals surface area (Å²) in [5, 5.41) is 13.9. The maximum Gasteiger partial charge on any atom is 0.319 e. The molecule has 0 bridgehead atoms. The molecule has 0 unspecified atom stereocenters. The number of para-hydroxylation sites is 2. The Bertz CT molecular complexity index is 426. The van der Waals surface area contributed by atoms with Crippen LogP contribution in [0.25, 0.3) is 0 Å². The van der Waals surface area contributed by atoms with Gasteiger partial charge in [-0.15, -0.1) is 0 Å². The minimum Gasteiger partial charge on any atom is -0.477 e. The smallest absolute Gasteiger partial charge is 0.319 e. The van der Waals surface area contributed by atoms with Gasteiger partial charge < -0.3 is 15.4 Å². The van der Waals surface area contributed by atoms with Gasteiger partial charge in [0.2, 0.25) is 0 Å².